The largest absolute Gasteiger partial charge is 0.398 e. The van der Waals surface area contributed by atoms with Crippen molar-refractivity contribution in [3.8, 4) is 22.3 Å². The van der Waals surface area contributed by atoms with Crippen molar-refractivity contribution in [2.24, 2.45) is 0 Å². The summed E-state index contributed by atoms with van der Waals surface area (Å²) in [5, 5.41) is 2.87. The number of hydrogen-bond acceptors (Lipinski definition) is 2. The molecule has 0 fully saturated rings. The van der Waals surface area contributed by atoms with E-state index in [0.717, 1.165) is 22.5 Å². The molecule has 0 spiro atoms. The third-order valence-corrected chi connectivity index (χ3v) is 9.34. The number of para-hydroxylation sites is 2. The van der Waals surface area contributed by atoms with Crippen LogP contribution in [0.3, 0.4) is 0 Å². The van der Waals surface area contributed by atoms with Gasteiger partial charge in [-0.1, -0.05) is 98.2 Å². The maximum absolute atomic E-state index is 6.40. The first-order chi connectivity index (χ1) is 13.0. The molecule has 4 N–H and O–H groups in total. The van der Waals surface area contributed by atoms with Crippen molar-refractivity contribution in [1.29, 1.82) is 0 Å². The fourth-order valence-corrected chi connectivity index (χ4v) is 6.96. The molecular formula is C24H32N2Si2. The molecule has 0 unspecified atom stereocenters. The summed E-state index contributed by atoms with van der Waals surface area (Å²) in [6, 6.07) is 21.3. The topological polar surface area (TPSA) is 52.0 Å². The van der Waals surface area contributed by atoms with Gasteiger partial charge in [0.2, 0.25) is 0 Å². The fourth-order valence-electron chi connectivity index (χ4n) is 3.77. The number of nitrogen functional groups attached to an aromatic ring is 2. The number of hydrogen-bond donors (Lipinski definition) is 2. The lowest BCUT2D eigenvalue weighted by Gasteiger charge is -2.29. The van der Waals surface area contributed by atoms with Crippen molar-refractivity contribution < 1.29 is 0 Å². The SMILES string of the molecule is C[Si](C)(C)c1cc(-c2ccccc2N)c([Si](C)(C)C)cc1-c1ccccc1N. The van der Waals surface area contributed by atoms with Gasteiger partial charge in [-0.05, 0) is 23.3 Å². The van der Waals surface area contributed by atoms with Gasteiger partial charge in [-0.2, -0.15) is 0 Å². The first kappa shape index (κ1) is 20.4. The molecular weight excluding hydrogens is 372 g/mol. The van der Waals surface area contributed by atoms with Crippen molar-refractivity contribution in [1.82, 2.24) is 0 Å². The van der Waals surface area contributed by atoms with E-state index in [9.17, 15) is 0 Å². The van der Waals surface area contributed by atoms with Gasteiger partial charge in [-0.3, -0.25) is 0 Å². The van der Waals surface area contributed by atoms with Crippen molar-refractivity contribution in [2.75, 3.05) is 11.5 Å². The van der Waals surface area contributed by atoms with E-state index in [2.05, 4.69) is 75.7 Å². The highest BCUT2D eigenvalue weighted by atomic mass is 28.3. The molecule has 0 bridgehead atoms. The highest BCUT2D eigenvalue weighted by molar-refractivity contribution is 6.91. The zero-order chi connectivity index (χ0) is 20.7. The van der Waals surface area contributed by atoms with Crippen LogP contribution in [0.25, 0.3) is 22.3 Å². The minimum absolute atomic E-state index is 0.843. The van der Waals surface area contributed by atoms with Crippen LogP contribution in [0.4, 0.5) is 11.4 Å². The molecule has 0 radical (unpaired) electrons. The van der Waals surface area contributed by atoms with Gasteiger partial charge in [-0.15, -0.1) is 0 Å². The quantitative estimate of drug-likeness (QED) is 0.459. The normalized spacial score (nSPS) is 12.2. The van der Waals surface area contributed by atoms with Crippen molar-refractivity contribution >= 4 is 37.9 Å². The molecule has 4 heteroatoms. The monoisotopic (exact) mass is 404 g/mol. The fraction of sp³-hybridized carbons (Fsp3) is 0.250. The van der Waals surface area contributed by atoms with E-state index in [1.807, 2.05) is 24.3 Å². The second-order valence-corrected chi connectivity index (χ2v) is 19.7. The number of rotatable bonds is 4. The smallest absolute Gasteiger partial charge is 0.0784 e. The Morgan fingerprint density at radius 2 is 0.821 bits per heavy atom. The molecule has 0 aliphatic carbocycles. The molecule has 0 saturated heterocycles. The molecule has 0 aliphatic heterocycles. The summed E-state index contributed by atoms with van der Waals surface area (Å²) in [6.45, 7) is 14.4. The highest BCUT2D eigenvalue weighted by Gasteiger charge is 2.28. The summed E-state index contributed by atoms with van der Waals surface area (Å²) in [4.78, 5) is 0. The van der Waals surface area contributed by atoms with Crippen molar-refractivity contribution in [3.05, 3.63) is 60.7 Å². The molecule has 0 aliphatic rings. The van der Waals surface area contributed by atoms with E-state index in [0.29, 0.717) is 0 Å². The van der Waals surface area contributed by atoms with Gasteiger partial charge in [0, 0.05) is 22.5 Å². The summed E-state index contributed by atoms with van der Waals surface area (Å²) < 4.78 is 0. The maximum atomic E-state index is 6.40. The van der Waals surface area contributed by atoms with Crippen LogP contribution in [0.5, 0.6) is 0 Å². The first-order valence-corrected chi connectivity index (χ1v) is 16.9. The summed E-state index contributed by atoms with van der Waals surface area (Å²) >= 11 is 0. The van der Waals surface area contributed by atoms with E-state index in [4.69, 9.17) is 11.5 Å². The molecule has 0 aromatic heterocycles. The van der Waals surface area contributed by atoms with Gasteiger partial charge < -0.3 is 11.5 Å². The maximum Gasteiger partial charge on any atom is 0.0784 e. The molecule has 3 aromatic rings. The minimum Gasteiger partial charge on any atom is -0.398 e. The Kier molecular flexibility index (Phi) is 5.30. The van der Waals surface area contributed by atoms with Crippen LogP contribution < -0.4 is 21.8 Å². The molecule has 3 rings (SSSR count). The minimum atomic E-state index is -1.63. The third-order valence-electron chi connectivity index (χ3n) is 5.28. The predicted octanol–water partition coefficient (Wildman–Crippen LogP) is 5.28. The summed E-state index contributed by atoms with van der Waals surface area (Å²) in [6.07, 6.45) is 0. The molecule has 3 aromatic carbocycles. The van der Waals surface area contributed by atoms with Crippen LogP contribution in [0, 0.1) is 0 Å². The van der Waals surface area contributed by atoms with Gasteiger partial charge >= 0.3 is 0 Å². The zero-order valence-corrected chi connectivity index (χ0v) is 19.9. The van der Waals surface area contributed by atoms with E-state index in [-0.39, 0.29) is 0 Å². The number of nitrogens with two attached hydrogens (primary N) is 2. The zero-order valence-electron chi connectivity index (χ0n) is 17.9. The van der Waals surface area contributed by atoms with Crippen LogP contribution in [-0.4, -0.2) is 16.1 Å². The predicted molar refractivity (Wildman–Crippen MR) is 132 cm³/mol. The highest BCUT2D eigenvalue weighted by Crippen LogP contribution is 2.31. The Hall–Kier alpha value is -2.31. The van der Waals surface area contributed by atoms with Gasteiger partial charge in [0.1, 0.15) is 0 Å². The molecule has 146 valence electrons. The van der Waals surface area contributed by atoms with Crippen LogP contribution in [-0.2, 0) is 0 Å². The second kappa shape index (κ2) is 7.26. The molecule has 0 amide bonds. The van der Waals surface area contributed by atoms with Gasteiger partial charge in [-0.25, -0.2) is 0 Å². The van der Waals surface area contributed by atoms with E-state index in [1.165, 1.54) is 21.5 Å². The van der Waals surface area contributed by atoms with Crippen LogP contribution in [0.15, 0.2) is 60.7 Å². The molecule has 0 saturated carbocycles. The summed E-state index contributed by atoms with van der Waals surface area (Å²) in [5.41, 5.74) is 19.4. The Morgan fingerprint density at radius 1 is 0.500 bits per heavy atom. The average Bonchev–Trinajstić information content (AvgIpc) is 2.60. The Morgan fingerprint density at radius 3 is 1.11 bits per heavy atom. The van der Waals surface area contributed by atoms with Crippen molar-refractivity contribution in [3.63, 3.8) is 0 Å². The van der Waals surface area contributed by atoms with Crippen LogP contribution in [0.2, 0.25) is 39.3 Å². The molecule has 28 heavy (non-hydrogen) atoms. The Bertz CT molecular complexity index is 929. The molecule has 0 heterocycles. The lowest BCUT2D eigenvalue weighted by Crippen LogP contribution is -2.45. The third kappa shape index (κ3) is 3.93. The Balaban J connectivity index is 2.44. The lowest BCUT2D eigenvalue weighted by molar-refractivity contribution is 1.58. The van der Waals surface area contributed by atoms with E-state index >= 15 is 0 Å². The summed E-state index contributed by atoms with van der Waals surface area (Å²) in [7, 11) is -3.26. The van der Waals surface area contributed by atoms with Gasteiger partial charge in [0.05, 0.1) is 16.1 Å². The van der Waals surface area contributed by atoms with Crippen molar-refractivity contribution in [2.45, 2.75) is 39.3 Å². The van der Waals surface area contributed by atoms with Gasteiger partial charge in [0.15, 0.2) is 0 Å². The summed E-state index contributed by atoms with van der Waals surface area (Å²) in [5.74, 6) is 0. The first-order valence-electron chi connectivity index (χ1n) is 9.89. The van der Waals surface area contributed by atoms with Crippen LogP contribution >= 0.6 is 0 Å². The van der Waals surface area contributed by atoms with E-state index < -0.39 is 16.1 Å². The molecule has 2 nitrogen and oxygen atoms in total. The second-order valence-electron chi connectivity index (χ2n) is 9.62. The van der Waals surface area contributed by atoms with Crippen LogP contribution in [0.1, 0.15) is 0 Å². The number of anilines is 2. The average molecular weight is 405 g/mol. The van der Waals surface area contributed by atoms with Gasteiger partial charge in [0.25, 0.3) is 0 Å². The lowest BCUT2D eigenvalue weighted by atomic mass is 9.98. The standard InChI is InChI=1S/C24H32N2Si2/c1-27(2,3)23-15-20(18-12-8-10-14-22(18)26)24(28(4,5)6)16-19(23)17-11-7-9-13-21(17)25/h7-16H,25-26H2,1-6H3. The number of benzene rings is 3. The van der Waals surface area contributed by atoms with E-state index in [1.54, 1.807) is 0 Å². The Labute approximate surface area is 171 Å². The molecule has 0 atom stereocenters.